The van der Waals surface area contributed by atoms with Crippen LogP contribution in [0, 0.1) is 0 Å². The lowest BCUT2D eigenvalue weighted by atomic mass is 10.4. The third-order valence-electron chi connectivity index (χ3n) is 1.55. The molecule has 5 heteroatoms. The van der Waals surface area contributed by atoms with Crippen LogP contribution < -0.4 is 0 Å². The van der Waals surface area contributed by atoms with E-state index in [0.29, 0.717) is 4.90 Å². The summed E-state index contributed by atoms with van der Waals surface area (Å²) in [5.74, 6) is 0. The molecule has 0 saturated heterocycles. The number of alkyl halides is 1. The van der Waals surface area contributed by atoms with Gasteiger partial charge in [-0.3, -0.25) is 0 Å². The molecule has 0 N–H and O–H groups in total. The van der Waals surface area contributed by atoms with Crippen molar-refractivity contribution in [3.05, 3.63) is 30.3 Å². The molecule has 0 bridgehead atoms. The van der Waals surface area contributed by atoms with Crippen molar-refractivity contribution in [2.45, 2.75) is 4.90 Å². The van der Waals surface area contributed by atoms with Gasteiger partial charge in [-0.15, -0.1) is 16.1 Å². The number of nitrogens with zero attached hydrogens (tertiary/aromatic N) is 2. The van der Waals surface area contributed by atoms with Crippen LogP contribution in [0.1, 0.15) is 0 Å². The molecule has 14 heavy (non-hydrogen) atoms. The molecule has 1 unspecified atom stereocenters. The van der Waals surface area contributed by atoms with E-state index in [2.05, 4.69) is 4.47 Å². The molecule has 0 aliphatic carbocycles. The molecule has 1 aromatic carbocycles. The van der Waals surface area contributed by atoms with E-state index in [1.165, 1.54) is 5.01 Å². The predicted molar refractivity (Wildman–Crippen MR) is 59.7 cm³/mol. The van der Waals surface area contributed by atoms with Crippen LogP contribution in [0.5, 0.6) is 0 Å². The maximum atomic E-state index is 12.2. The molecule has 0 aliphatic heterocycles. The lowest BCUT2D eigenvalue weighted by Crippen LogP contribution is -2.10. The largest absolute Gasteiger partial charge is 0.242 e. The van der Waals surface area contributed by atoms with E-state index in [1.807, 2.05) is 18.2 Å². The van der Waals surface area contributed by atoms with Gasteiger partial charge in [0.05, 0.1) is 4.90 Å². The van der Waals surface area contributed by atoms with Gasteiger partial charge in [0.25, 0.3) is 0 Å². The molecule has 0 spiro atoms. The van der Waals surface area contributed by atoms with Gasteiger partial charge in [-0.25, -0.2) is 4.21 Å². The second kappa shape index (κ2) is 4.77. The van der Waals surface area contributed by atoms with Gasteiger partial charge < -0.3 is 0 Å². The molecule has 0 heterocycles. The molecule has 0 aliphatic rings. The fourth-order valence-electron chi connectivity index (χ4n) is 1.03. The van der Waals surface area contributed by atoms with Crippen LogP contribution in [-0.2, 0) is 9.73 Å². The fourth-order valence-corrected chi connectivity index (χ4v) is 2.91. The van der Waals surface area contributed by atoms with Gasteiger partial charge in [-0.05, 0) is 12.1 Å². The SMILES string of the molecule is CN(C)N=S(=O)(CCl)c1ccccc1. The Morgan fingerprint density at radius 2 is 1.93 bits per heavy atom. The topological polar surface area (TPSA) is 32.7 Å². The van der Waals surface area contributed by atoms with Gasteiger partial charge in [0.2, 0.25) is 0 Å². The summed E-state index contributed by atoms with van der Waals surface area (Å²) in [6.45, 7) is 0. The van der Waals surface area contributed by atoms with Crippen LogP contribution in [0.25, 0.3) is 0 Å². The first-order valence-electron chi connectivity index (χ1n) is 4.11. The summed E-state index contributed by atoms with van der Waals surface area (Å²) in [6.07, 6.45) is 0. The Morgan fingerprint density at radius 3 is 2.36 bits per heavy atom. The molecular weight excluding hydrogens is 220 g/mol. The molecule has 0 saturated carbocycles. The van der Waals surface area contributed by atoms with Crippen LogP contribution in [-0.4, -0.2) is 28.5 Å². The van der Waals surface area contributed by atoms with Crippen molar-refractivity contribution < 1.29 is 4.21 Å². The molecule has 1 aromatic rings. The molecule has 0 aromatic heterocycles. The Hall–Kier alpha value is -0.580. The number of halogens is 1. The minimum absolute atomic E-state index is 0.00912. The zero-order valence-electron chi connectivity index (χ0n) is 8.18. The first-order valence-corrected chi connectivity index (χ1v) is 6.33. The fraction of sp³-hybridized carbons (Fsp3) is 0.333. The third-order valence-corrected chi connectivity index (χ3v) is 4.34. The Morgan fingerprint density at radius 1 is 1.36 bits per heavy atom. The molecule has 0 radical (unpaired) electrons. The summed E-state index contributed by atoms with van der Waals surface area (Å²) in [7, 11) is 0.974. The summed E-state index contributed by atoms with van der Waals surface area (Å²) in [4.78, 5) is 0.670. The highest BCUT2D eigenvalue weighted by Gasteiger charge is 2.10. The van der Waals surface area contributed by atoms with Gasteiger partial charge in [-0.1, -0.05) is 18.2 Å². The maximum absolute atomic E-state index is 12.2. The van der Waals surface area contributed by atoms with Crippen molar-refractivity contribution in [1.82, 2.24) is 5.01 Å². The van der Waals surface area contributed by atoms with Crippen molar-refractivity contribution in [2.24, 2.45) is 4.47 Å². The van der Waals surface area contributed by atoms with Gasteiger partial charge in [-0.2, -0.15) is 5.01 Å². The van der Waals surface area contributed by atoms with E-state index >= 15 is 0 Å². The minimum atomic E-state index is -2.49. The zero-order chi connectivity index (χ0) is 10.6. The van der Waals surface area contributed by atoms with E-state index in [1.54, 1.807) is 26.2 Å². The summed E-state index contributed by atoms with van der Waals surface area (Å²) in [5.41, 5.74) is 0. The molecule has 1 atom stereocenters. The molecule has 3 nitrogen and oxygen atoms in total. The van der Waals surface area contributed by atoms with Gasteiger partial charge in [0, 0.05) is 14.1 Å². The number of hydrogen-bond donors (Lipinski definition) is 0. The van der Waals surface area contributed by atoms with Crippen molar-refractivity contribution in [3.8, 4) is 0 Å². The lowest BCUT2D eigenvalue weighted by molar-refractivity contribution is 0.441. The van der Waals surface area contributed by atoms with Gasteiger partial charge in [0.15, 0.2) is 0 Å². The highest BCUT2D eigenvalue weighted by Crippen LogP contribution is 2.15. The van der Waals surface area contributed by atoms with E-state index in [9.17, 15) is 4.21 Å². The average Bonchev–Trinajstić information content (AvgIpc) is 2.18. The smallest absolute Gasteiger partial charge is 0.112 e. The normalized spacial score (nSPS) is 15.1. The second-order valence-corrected chi connectivity index (χ2v) is 5.78. The van der Waals surface area contributed by atoms with E-state index in [4.69, 9.17) is 11.6 Å². The van der Waals surface area contributed by atoms with E-state index in [-0.39, 0.29) is 5.21 Å². The monoisotopic (exact) mass is 232 g/mol. The average molecular weight is 233 g/mol. The molecular formula is C9H13ClN2OS. The number of rotatable bonds is 3. The van der Waals surface area contributed by atoms with E-state index in [0.717, 1.165) is 0 Å². The Bertz CT molecular complexity index is 397. The highest BCUT2D eigenvalue weighted by molar-refractivity contribution is 7.94. The zero-order valence-corrected chi connectivity index (χ0v) is 9.76. The van der Waals surface area contributed by atoms with Crippen molar-refractivity contribution >= 4 is 21.3 Å². The Labute approximate surface area is 89.8 Å². The first kappa shape index (κ1) is 11.5. The quantitative estimate of drug-likeness (QED) is 0.591. The third kappa shape index (κ3) is 2.70. The highest BCUT2D eigenvalue weighted by atomic mass is 35.5. The van der Waals surface area contributed by atoms with Crippen molar-refractivity contribution in [2.75, 3.05) is 19.3 Å². The summed E-state index contributed by atoms with van der Waals surface area (Å²) in [5, 5.41) is 1.53. The molecule has 1 rings (SSSR count). The van der Waals surface area contributed by atoms with Crippen LogP contribution >= 0.6 is 11.6 Å². The minimum Gasteiger partial charge on any atom is -0.242 e. The first-order chi connectivity index (χ1) is 6.58. The van der Waals surface area contributed by atoms with Crippen molar-refractivity contribution in [1.29, 1.82) is 0 Å². The van der Waals surface area contributed by atoms with Crippen molar-refractivity contribution in [3.63, 3.8) is 0 Å². The van der Waals surface area contributed by atoms with Crippen LogP contribution in [0.2, 0.25) is 0 Å². The molecule has 0 fully saturated rings. The molecule has 0 amide bonds. The lowest BCUT2D eigenvalue weighted by Gasteiger charge is -2.09. The Balaban J connectivity index is 3.23. The van der Waals surface area contributed by atoms with E-state index < -0.39 is 9.73 Å². The number of benzene rings is 1. The number of hydrogen-bond acceptors (Lipinski definition) is 2. The second-order valence-electron chi connectivity index (χ2n) is 2.99. The van der Waals surface area contributed by atoms with Crippen LogP contribution in [0.15, 0.2) is 39.7 Å². The predicted octanol–water partition coefficient (Wildman–Crippen LogP) is 2.19. The van der Waals surface area contributed by atoms with Gasteiger partial charge in [0.1, 0.15) is 14.9 Å². The van der Waals surface area contributed by atoms with Crippen LogP contribution in [0.4, 0.5) is 0 Å². The molecule has 78 valence electrons. The standard InChI is InChI=1S/C9H13ClN2OS/c1-12(2)11-14(13,8-10)9-6-4-3-5-7-9/h3-7H,8H2,1-2H3. The van der Waals surface area contributed by atoms with Crippen LogP contribution in [0.3, 0.4) is 0 Å². The summed E-state index contributed by atoms with van der Waals surface area (Å²) < 4.78 is 16.3. The Kier molecular flexibility index (Phi) is 3.92. The maximum Gasteiger partial charge on any atom is 0.112 e. The summed E-state index contributed by atoms with van der Waals surface area (Å²) >= 11 is 5.69. The van der Waals surface area contributed by atoms with Gasteiger partial charge >= 0.3 is 0 Å². The summed E-state index contributed by atoms with van der Waals surface area (Å²) in [6, 6.07) is 9.07.